The van der Waals surface area contributed by atoms with Crippen LogP contribution >= 0.6 is 0 Å². The van der Waals surface area contributed by atoms with E-state index in [0.717, 1.165) is 11.3 Å². The fourth-order valence-electron chi connectivity index (χ4n) is 1.72. The van der Waals surface area contributed by atoms with Crippen LogP contribution in [0.5, 0.6) is 0 Å². The van der Waals surface area contributed by atoms with Gasteiger partial charge >= 0.3 is 0 Å². The summed E-state index contributed by atoms with van der Waals surface area (Å²) in [6.45, 7) is 5.82. The number of carbonyl (C=O) groups excluding carboxylic acids is 1. The predicted molar refractivity (Wildman–Crippen MR) is 69.6 cm³/mol. The summed E-state index contributed by atoms with van der Waals surface area (Å²) in [5, 5.41) is 0. The molecule has 0 bridgehead atoms. The minimum Gasteiger partial charge on any atom is -0.324 e. The SMILES string of the molecule is CC(C)(C)C(=O)c1ccc(-n2cccc2)cc1. The molecule has 17 heavy (non-hydrogen) atoms. The number of benzene rings is 1. The lowest BCUT2D eigenvalue weighted by atomic mass is 9.86. The Bertz CT molecular complexity index is 501. The third-order valence-corrected chi connectivity index (χ3v) is 2.71. The van der Waals surface area contributed by atoms with Crippen LogP contribution in [0.3, 0.4) is 0 Å². The van der Waals surface area contributed by atoms with Gasteiger partial charge in [-0.2, -0.15) is 0 Å². The van der Waals surface area contributed by atoms with Crippen LogP contribution in [-0.4, -0.2) is 10.4 Å². The predicted octanol–water partition coefficient (Wildman–Crippen LogP) is 3.71. The lowest BCUT2D eigenvalue weighted by Gasteiger charge is -2.16. The first-order valence-corrected chi connectivity index (χ1v) is 5.77. The molecule has 0 fully saturated rings. The van der Waals surface area contributed by atoms with Gasteiger partial charge in [-0.1, -0.05) is 20.8 Å². The molecular formula is C15H17NO. The summed E-state index contributed by atoms with van der Waals surface area (Å²) in [4.78, 5) is 12.1. The summed E-state index contributed by atoms with van der Waals surface area (Å²) in [6, 6.07) is 11.7. The number of aromatic nitrogens is 1. The summed E-state index contributed by atoms with van der Waals surface area (Å²) in [7, 11) is 0. The van der Waals surface area contributed by atoms with Crippen molar-refractivity contribution in [3.63, 3.8) is 0 Å². The lowest BCUT2D eigenvalue weighted by Crippen LogP contribution is -2.20. The zero-order valence-corrected chi connectivity index (χ0v) is 10.5. The zero-order valence-electron chi connectivity index (χ0n) is 10.5. The van der Waals surface area contributed by atoms with Gasteiger partial charge in [0.2, 0.25) is 0 Å². The molecule has 2 heteroatoms. The van der Waals surface area contributed by atoms with E-state index in [2.05, 4.69) is 0 Å². The number of carbonyl (C=O) groups is 1. The Morgan fingerprint density at radius 3 is 2.00 bits per heavy atom. The molecule has 1 aromatic carbocycles. The van der Waals surface area contributed by atoms with Gasteiger partial charge in [0.05, 0.1) is 0 Å². The van der Waals surface area contributed by atoms with Crippen LogP contribution in [0.4, 0.5) is 0 Å². The van der Waals surface area contributed by atoms with Gasteiger partial charge in [0.25, 0.3) is 0 Å². The first kappa shape index (κ1) is 11.6. The van der Waals surface area contributed by atoms with Crippen LogP contribution in [0.1, 0.15) is 31.1 Å². The van der Waals surface area contributed by atoms with E-state index in [0.29, 0.717) is 0 Å². The Balaban J connectivity index is 2.28. The maximum absolute atomic E-state index is 12.1. The third kappa shape index (κ3) is 2.47. The largest absolute Gasteiger partial charge is 0.324 e. The van der Waals surface area contributed by atoms with Crippen LogP contribution in [0.2, 0.25) is 0 Å². The fourth-order valence-corrected chi connectivity index (χ4v) is 1.72. The molecule has 2 rings (SSSR count). The number of Topliss-reactive ketones (excluding diaryl/α,β-unsaturated/α-hetero) is 1. The Labute approximate surface area is 102 Å². The van der Waals surface area contributed by atoms with Gasteiger partial charge in [-0.3, -0.25) is 4.79 Å². The minimum atomic E-state index is -0.324. The second-order valence-corrected chi connectivity index (χ2v) is 5.22. The quantitative estimate of drug-likeness (QED) is 0.717. The first-order valence-electron chi connectivity index (χ1n) is 5.77. The highest BCUT2D eigenvalue weighted by atomic mass is 16.1. The maximum atomic E-state index is 12.1. The highest BCUT2D eigenvalue weighted by molar-refractivity contribution is 5.99. The molecule has 0 atom stereocenters. The number of rotatable bonds is 2. The summed E-state index contributed by atoms with van der Waals surface area (Å²) < 4.78 is 2.02. The van der Waals surface area contributed by atoms with Crippen molar-refractivity contribution in [2.24, 2.45) is 5.41 Å². The molecule has 0 N–H and O–H groups in total. The van der Waals surface area contributed by atoms with E-state index in [1.54, 1.807) is 0 Å². The van der Waals surface area contributed by atoms with Gasteiger partial charge in [0, 0.05) is 29.1 Å². The molecule has 88 valence electrons. The molecule has 0 saturated heterocycles. The topological polar surface area (TPSA) is 22.0 Å². The van der Waals surface area contributed by atoms with Crippen LogP contribution in [0, 0.1) is 5.41 Å². The maximum Gasteiger partial charge on any atom is 0.168 e. The van der Waals surface area contributed by atoms with E-state index in [4.69, 9.17) is 0 Å². The molecule has 0 radical (unpaired) electrons. The van der Waals surface area contributed by atoms with Gasteiger partial charge in [-0.15, -0.1) is 0 Å². The van der Waals surface area contributed by atoms with Crippen molar-refractivity contribution < 1.29 is 4.79 Å². The van der Waals surface area contributed by atoms with Gasteiger partial charge in [0.15, 0.2) is 5.78 Å². The second-order valence-electron chi connectivity index (χ2n) is 5.22. The number of hydrogen-bond acceptors (Lipinski definition) is 1. The van der Waals surface area contributed by atoms with Crippen LogP contribution in [-0.2, 0) is 0 Å². The summed E-state index contributed by atoms with van der Waals surface area (Å²) in [5.74, 6) is 0.177. The van der Waals surface area contributed by atoms with Crippen molar-refractivity contribution in [1.29, 1.82) is 0 Å². The normalized spacial score (nSPS) is 11.5. The molecule has 1 heterocycles. The van der Waals surface area contributed by atoms with Gasteiger partial charge < -0.3 is 4.57 Å². The molecule has 0 aliphatic heterocycles. The Hall–Kier alpha value is -1.83. The van der Waals surface area contributed by atoms with Gasteiger partial charge in [-0.05, 0) is 36.4 Å². The van der Waals surface area contributed by atoms with E-state index in [-0.39, 0.29) is 11.2 Å². The Morgan fingerprint density at radius 1 is 1.00 bits per heavy atom. The molecule has 2 nitrogen and oxygen atoms in total. The average molecular weight is 227 g/mol. The monoisotopic (exact) mass is 227 g/mol. The van der Waals surface area contributed by atoms with Crippen molar-refractivity contribution in [2.75, 3.05) is 0 Å². The highest BCUT2D eigenvalue weighted by Crippen LogP contribution is 2.21. The molecule has 0 amide bonds. The summed E-state index contributed by atoms with van der Waals surface area (Å²) in [5.41, 5.74) is 1.52. The van der Waals surface area contributed by atoms with E-state index < -0.39 is 0 Å². The van der Waals surface area contributed by atoms with Gasteiger partial charge in [-0.25, -0.2) is 0 Å². The fraction of sp³-hybridized carbons (Fsp3) is 0.267. The molecular weight excluding hydrogens is 210 g/mol. The molecule has 1 aromatic heterocycles. The minimum absolute atomic E-state index is 0.177. The van der Waals surface area contributed by atoms with E-state index >= 15 is 0 Å². The van der Waals surface area contributed by atoms with Crippen molar-refractivity contribution >= 4 is 5.78 Å². The molecule has 0 unspecified atom stereocenters. The highest BCUT2D eigenvalue weighted by Gasteiger charge is 2.22. The average Bonchev–Trinajstić information content (AvgIpc) is 2.80. The third-order valence-electron chi connectivity index (χ3n) is 2.71. The summed E-state index contributed by atoms with van der Waals surface area (Å²) >= 11 is 0. The van der Waals surface area contributed by atoms with Crippen molar-refractivity contribution in [2.45, 2.75) is 20.8 Å². The molecule has 0 aliphatic carbocycles. The standard InChI is InChI=1S/C15H17NO/c1-15(2,3)14(17)12-6-8-13(9-7-12)16-10-4-5-11-16/h4-11H,1-3H3. The number of nitrogens with zero attached hydrogens (tertiary/aromatic N) is 1. The van der Waals surface area contributed by atoms with E-state index in [9.17, 15) is 4.79 Å². The van der Waals surface area contributed by atoms with Crippen molar-refractivity contribution in [3.8, 4) is 5.69 Å². The van der Waals surface area contributed by atoms with Crippen LogP contribution in [0.15, 0.2) is 48.8 Å². The van der Waals surface area contributed by atoms with E-state index in [1.165, 1.54) is 0 Å². The van der Waals surface area contributed by atoms with Crippen LogP contribution < -0.4 is 0 Å². The second kappa shape index (κ2) is 4.21. The van der Waals surface area contributed by atoms with Crippen molar-refractivity contribution in [1.82, 2.24) is 4.57 Å². The Kier molecular flexibility index (Phi) is 2.88. The number of hydrogen-bond donors (Lipinski definition) is 0. The molecule has 0 aliphatic rings. The lowest BCUT2D eigenvalue weighted by molar-refractivity contribution is 0.0858. The number of ketones is 1. The first-order chi connectivity index (χ1) is 7.98. The molecule has 0 saturated carbocycles. The molecule has 2 aromatic rings. The Morgan fingerprint density at radius 2 is 1.53 bits per heavy atom. The summed E-state index contributed by atoms with van der Waals surface area (Å²) in [6.07, 6.45) is 3.97. The van der Waals surface area contributed by atoms with E-state index in [1.807, 2.05) is 74.1 Å². The smallest absolute Gasteiger partial charge is 0.168 e. The van der Waals surface area contributed by atoms with Crippen LogP contribution in [0.25, 0.3) is 5.69 Å². The van der Waals surface area contributed by atoms with Gasteiger partial charge in [0.1, 0.15) is 0 Å². The zero-order chi connectivity index (χ0) is 12.5. The molecule has 0 spiro atoms. The van der Waals surface area contributed by atoms with Crippen molar-refractivity contribution in [3.05, 3.63) is 54.4 Å².